The average molecular weight is 482 g/mol. The third-order valence-electron chi connectivity index (χ3n) is 4.74. The van der Waals surface area contributed by atoms with Gasteiger partial charge in [0.2, 0.25) is 5.75 Å². The summed E-state index contributed by atoms with van der Waals surface area (Å²) in [5.41, 5.74) is -1.35. The molecule has 0 aliphatic rings. The molecule has 2 aromatic heterocycles. The zero-order chi connectivity index (χ0) is 24.5. The van der Waals surface area contributed by atoms with Gasteiger partial charge in [-0.2, -0.15) is 13.2 Å². The van der Waals surface area contributed by atoms with Crippen LogP contribution in [0, 0.1) is 23.3 Å². The van der Waals surface area contributed by atoms with Crippen LogP contribution in [0.25, 0.3) is 10.9 Å². The molecule has 0 saturated heterocycles. The minimum absolute atomic E-state index is 0.0918. The maximum atomic E-state index is 14.1. The van der Waals surface area contributed by atoms with Gasteiger partial charge < -0.3 is 10.1 Å². The number of aromatic nitrogens is 3. The maximum Gasteiger partial charge on any atom is 0.436 e. The monoisotopic (exact) mass is 482 g/mol. The van der Waals surface area contributed by atoms with Crippen LogP contribution >= 0.6 is 0 Å². The highest BCUT2D eigenvalue weighted by Crippen LogP contribution is 2.36. The van der Waals surface area contributed by atoms with Gasteiger partial charge in [-0.25, -0.2) is 32.5 Å². The van der Waals surface area contributed by atoms with E-state index in [-0.39, 0.29) is 35.2 Å². The normalized spacial score (nSPS) is 11.6. The number of benzene rings is 2. The number of ether oxygens (including phenoxy) is 1. The molecule has 0 bridgehead atoms. The van der Waals surface area contributed by atoms with Crippen molar-refractivity contribution in [2.75, 3.05) is 11.9 Å². The Morgan fingerprint density at radius 1 is 0.824 bits per heavy atom. The molecule has 4 rings (SSSR count). The van der Waals surface area contributed by atoms with Crippen molar-refractivity contribution in [1.82, 2.24) is 15.0 Å². The summed E-state index contributed by atoms with van der Waals surface area (Å²) in [4.78, 5) is 10.4. The van der Waals surface area contributed by atoms with Gasteiger partial charge in [0.15, 0.2) is 17.3 Å². The minimum atomic E-state index is -5.11. The average Bonchev–Trinajstić information content (AvgIpc) is 2.79. The van der Waals surface area contributed by atoms with E-state index >= 15 is 0 Å². The molecule has 2 aromatic carbocycles. The number of nitrogens with one attached hydrogen (secondary N) is 1. The molecule has 0 atom stereocenters. The lowest BCUT2D eigenvalue weighted by molar-refractivity contribution is -0.143. The Balaban J connectivity index is 1.44. The summed E-state index contributed by atoms with van der Waals surface area (Å²) in [6, 6.07) is 7.62. The Labute approximate surface area is 187 Å². The van der Waals surface area contributed by atoms with Gasteiger partial charge in [-0.1, -0.05) is 12.1 Å². The predicted molar refractivity (Wildman–Crippen MR) is 107 cm³/mol. The fraction of sp³-hybridized carbons (Fsp3) is 0.136. The first-order valence-corrected chi connectivity index (χ1v) is 9.65. The number of halogens is 7. The first-order valence-electron chi connectivity index (χ1n) is 9.65. The number of pyridine rings is 1. The van der Waals surface area contributed by atoms with E-state index in [0.29, 0.717) is 12.0 Å². The number of nitrogens with zero attached hydrogens (tertiary/aromatic N) is 3. The smallest absolute Gasteiger partial charge is 0.436 e. The van der Waals surface area contributed by atoms with Crippen molar-refractivity contribution in [1.29, 1.82) is 0 Å². The molecule has 0 unspecified atom stereocenters. The van der Waals surface area contributed by atoms with Gasteiger partial charge in [0.05, 0.1) is 11.6 Å². The lowest BCUT2D eigenvalue weighted by Crippen LogP contribution is -2.12. The van der Waals surface area contributed by atoms with Gasteiger partial charge in [-0.05, 0) is 36.2 Å². The Morgan fingerprint density at radius 3 is 2.24 bits per heavy atom. The summed E-state index contributed by atoms with van der Waals surface area (Å²) in [7, 11) is 0. The first-order chi connectivity index (χ1) is 16.1. The number of alkyl halides is 3. The molecule has 34 heavy (non-hydrogen) atoms. The van der Waals surface area contributed by atoms with E-state index in [2.05, 4.69) is 20.3 Å². The Hall–Kier alpha value is -3.96. The van der Waals surface area contributed by atoms with E-state index in [4.69, 9.17) is 4.74 Å². The molecule has 1 N–H and O–H groups in total. The minimum Gasteiger partial charge on any atom is -0.451 e. The largest absolute Gasteiger partial charge is 0.451 e. The quantitative estimate of drug-likeness (QED) is 0.339. The van der Waals surface area contributed by atoms with Crippen molar-refractivity contribution in [3.05, 3.63) is 83.4 Å². The van der Waals surface area contributed by atoms with E-state index in [1.165, 1.54) is 24.3 Å². The van der Waals surface area contributed by atoms with Gasteiger partial charge >= 0.3 is 6.18 Å². The standard InChI is InChI=1S/C22H13F7N4O/c23-13-5-6-14(24)18-16(13)21(33-10-32-18)30-8-7-11-1-3-12(4-2-11)34-19-15(25)9-31-20(17(19)26)22(27,28)29/h1-6,9-10H,7-8H2,(H,30,32,33). The van der Waals surface area contributed by atoms with Crippen LogP contribution in [0.4, 0.5) is 36.6 Å². The molecule has 0 amide bonds. The van der Waals surface area contributed by atoms with Crippen molar-refractivity contribution < 1.29 is 35.5 Å². The van der Waals surface area contributed by atoms with Crippen molar-refractivity contribution in [2.45, 2.75) is 12.6 Å². The van der Waals surface area contributed by atoms with Crippen LogP contribution in [0.2, 0.25) is 0 Å². The molecule has 5 nitrogen and oxygen atoms in total. The van der Waals surface area contributed by atoms with Crippen LogP contribution < -0.4 is 10.1 Å². The molecular weight excluding hydrogens is 469 g/mol. The molecule has 176 valence electrons. The number of fused-ring (bicyclic) bond motifs is 1. The van der Waals surface area contributed by atoms with Crippen LogP contribution in [-0.2, 0) is 12.6 Å². The third-order valence-corrected chi connectivity index (χ3v) is 4.74. The summed E-state index contributed by atoms with van der Waals surface area (Å²) >= 11 is 0. The van der Waals surface area contributed by atoms with Crippen molar-refractivity contribution in [3.8, 4) is 11.5 Å². The van der Waals surface area contributed by atoms with Crippen molar-refractivity contribution in [3.63, 3.8) is 0 Å². The zero-order valence-corrected chi connectivity index (χ0v) is 16.9. The van der Waals surface area contributed by atoms with E-state index in [0.717, 1.165) is 18.5 Å². The molecule has 4 aromatic rings. The molecule has 0 fully saturated rings. The fourth-order valence-electron chi connectivity index (χ4n) is 3.14. The Bertz CT molecular complexity index is 1340. The summed E-state index contributed by atoms with van der Waals surface area (Å²) in [5.74, 6) is -5.95. The number of anilines is 1. The third kappa shape index (κ3) is 4.70. The Morgan fingerprint density at radius 2 is 1.53 bits per heavy atom. The van der Waals surface area contributed by atoms with Crippen LogP contribution in [0.5, 0.6) is 11.5 Å². The molecule has 0 aliphatic heterocycles. The highest BCUT2D eigenvalue weighted by molar-refractivity contribution is 5.89. The van der Waals surface area contributed by atoms with E-state index in [9.17, 15) is 30.7 Å². The van der Waals surface area contributed by atoms with Crippen molar-refractivity contribution >= 4 is 16.7 Å². The van der Waals surface area contributed by atoms with Crippen LogP contribution in [-0.4, -0.2) is 21.5 Å². The second kappa shape index (κ2) is 9.12. The number of hydrogen-bond donors (Lipinski definition) is 1. The summed E-state index contributed by atoms with van der Waals surface area (Å²) in [5, 5.41) is 2.80. The SMILES string of the molecule is Fc1cnc(C(F)(F)F)c(F)c1Oc1ccc(CCNc2ncnc3c(F)ccc(F)c23)cc1. The fourth-order valence-corrected chi connectivity index (χ4v) is 3.14. The number of rotatable bonds is 6. The van der Waals surface area contributed by atoms with Crippen molar-refractivity contribution in [2.24, 2.45) is 0 Å². The number of hydrogen-bond acceptors (Lipinski definition) is 5. The highest BCUT2D eigenvalue weighted by Gasteiger charge is 2.38. The van der Waals surface area contributed by atoms with Gasteiger partial charge in [-0.15, -0.1) is 0 Å². The lowest BCUT2D eigenvalue weighted by Gasteiger charge is -2.12. The van der Waals surface area contributed by atoms with E-state index < -0.39 is 40.9 Å². The molecule has 0 radical (unpaired) electrons. The maximum absolute atomic E-state index is 14.1. The van der Waals surface area contributed by atoms with Crippen LogP contribution in [0.1, 0.15) is 11.3 Å². The second-order valence-corrected chi connectivity index (χ2v) is 6.99. The van der Waals surface area contributed by atoms with E-state index in [1.807, 2.05) is 0 Å². The molecule has 0 saturated carbocycles. The van der Waals surface area contributed by atoms with Gasteiger partial charge in [-0.3, -0.25) is 0 Å². The van der Waals surface area contributed by atoms with Gasteiger partial charge in [0.25, 0.3) is 0 Å². The second-order valence-electron chi connectivity index (χ2n) is 6.99. The molecule has 0 aliphatic carbocycles. The molecule has 12 heteroatoms. The lowest BCUT2D eigenvalue weighted by atomic mass is 10.1. The summed E-state index contributed by atoms with van der Waals surface area (Å²) in [6.07, 6.45) is -3.41. The Kier molecular flexibility index (Phi) is 6.22. The van der Waals surface area contributed by atoms with Gasteiger partial charge in [0, 0.05) is 6.54 Å². The molecule has 2 heterocycles. The predicted octanol–water partition coefficient (Wildman–Crippen LogP) is 6.05. The summed E-state index contributed by atoms with van der Waals surface area (Å²) in [6.45, 7) is 0.255. The van der Waals surface area contributed by atoms with Gasteiger partial charge in [0.1, 0.15) is 35.0 Å². The first kappa shape index (κ1) is 23.2. The molecular formula is C22H13F7N4O. The highest BCUT2D eigenvalue weighted by atomic mass is 19.4. The summed E-state index contributed by atoms with van der Waals surface area (Å²) < 4.78 is 99.2. The van der Waals surface area contributed by atoms with E-state index in [1.54, 1.807) is 0 Å². The van der Waals surface area contributed by atoms with Crippen LogP contribution in [0.15, 0.2) is 48.9 Å². The van der Waals surface area contributed by atoms with Crippen LogP contribution in [0.3, 0.4) is 0 Å². The molecule has 0 spiro atoms. The zero-order valence-electron chi connectivity index (χ0n) is 16.9. The topological polar surface area (TPSA) is 59.9 Å².